The third-order valence-corrected chi connectivity index (χ3v) is 4.53. The molecule has 1 N–H and O–H groups in total. The van der Waals surface area contributed by atoms with Gasteiger partial charge in [-0.15, -0.1) is 11.3 Å². The first-order valence-corrected chi connectivity index (χ1v) is 8.21. The lowest BCUT2D eigenvalue weighted by Crippen LogP contribution is -2.16. The molecule has 1 aromatic carbocycles. The van der Waals surface area contributed by atoms with Gasteiger partial charge in [0, 0.05) is 18.0 Å². The summed E-state index contributed by atoms with van der Waals surface area (Å²) in [7, 11) is 0. The molecule has 110 valence electrons. The number of aryl methyl sites for hydroxylation is 2. The number of fused-ring (bicyclic) bond motifs is 1. The van der Waals surface area contributed by atoms with Crippen molar-refractivity contribution in [1.29, 1.82) is 0 Å². The van der Waals surface area contributed by atoms with Gasteiger partial charge in [0.1, 0.15) is 5.82 Å². The number of nitrogens with one attached hydrogen (secondary N) is 1. The summed E-state index contributed by atoms with van der Waals surface area (Å²) < 4.78 is 2.32. The SMILES string of the molecule is CCCn1c(CNCc2scnc2C)nc2ccccc21. The molecule has 2 aromatic heterocycles. The van der Waals surface area contributed by atoms with E-state index in [-0.39, 0.29) is 0 Å². The summed E-state index contributed by atoms with van der Waals surface area (Å²) >= 11 is 1.70. The Bertz CT molecular complexity index is 729. The van der Waals surface area contributed by atoms with Crippen molar-refractivity contribution in [1.82, 2.24) is 19.9 Å². The zero-order chi connectivity index (χ0) is 14.7. The maximum atomic E-state index is 4.76. The molecule has 3 aromatic rings. The standard InChI is InChI=1S/C16H20N4S/c1-3-8-20-14-7-5-4-6-13(14)19-16(20)10-17-9-15-12(2)18-11-21-15/h4-7,11,17H,3,8-10H2,1-2H3. The minimum absolute atomic E-state index is 0.784. The fraction of sp³-hybridized carbons (Fsp3) is 0.375. The van der Waals surface area contributed by atoms with Gasteiger partial charge in [-0.05, 0) is 25.5 Å². The Balaban J connectivity index is 1.76. The third kappa shape index (κ3) is 2.99. The molecule has 0 saturated heterocycles. The molecule has 0 amide bonds. The molecule has 21 heavy (non-hydrogen) atoms. The van der Waals surface area contributed by atoms with Crippen LogP contribution in [0.5, 0.6) is 0 Å². The highest BCUT2D eigenvalue weighted by Crippen LogP contribution is 2.17. The molecule has 0 saturated carbocycles. The number of rotatable bonds is 6. The Morgan fingerprint density at radius 1 is 1.24 bits per heavy atom. The summed E-state index contributed by atoms with van der Waals surface area (Å²) in [5.41, 5.74) is 5.33. The summed E-state index contributed by atoms with van der Waals surface area (Å²) in [6, 6.07) is 8.35. The van der Waals surface area contributed by atoms with Crippen LogP contribution in [0.2, 0.25) is 0 Å². The van der Waals surface area contributed by atoms with Crippen molar-refractivity contribution in [3.8, 4) is 0 Å². The highest BCUT2D eigenvalue weighted by molar-refractivity contribution is 7.09. The van der Waals surface area contributed by atoms with E-state index in [9.17, 15) is 0 Å². The van der Waals surface area contributed by atoms with E-state index < -0.39 is 0 Å². The van der Waals surface area contributed by atoms with Crippen molar-refractivity contribution in [2.75, 3.05) is 0 Å². The highest BCUT2D eigenvalue weighted by atomic mass is 32.1. The largest absolute Gasteiger partial charge is 0.327 e. The first-order valence-electron chi connectivity index (χ1n) is 7.33. The number of hydrogen-bond acceptors (Lipinski definition) is 4. The molecule has 5 heteroatoms. The fourth-order valence-electron chi connectivity index (χ4n) is 2.52. The zero-order valence-corrected chi connectivity index (χ0v) is 13.3. The van der Waals surface area contributed by atoms with Gasteiger partial charge in [-0.3, -0.25) is 0 Å². The molecule has 0 spiro atoms. The van der Waals surface area contributed by atoms with Crippen molar-refractivity contribution < 1.29 is 0 Å². The molecule has 0 aliphatic carbocycles. The second kappa shape index (κ2) is 6.37. The topological polar surface area (TPSA) is 42.7 Å². The number of aromatic nitrogens is 3. The average molecular weight is 300 g/mol. The van der Waals surface area contributed by atoms with Gasteiger partial charge < -0.3 is 9.88 Å². The van der Waals surface area contributed by atoms with Crippen LogP contribution in [0.25, 0.3) is 11.0 Å². The Labute approximate surface area is 128 Å². The molecule has 3 rings (SSSR count). The van der Waals surface area contributed by atoms with Gasteiger partial charge >= 0.3 is 0 Å². The van der Waals surface area contributed by atoms with Crippen LogP contribution in [-0.2, 0) is 19.6 Å². The number of thiazole rings is 1. The van der Waals surface area contributed by atoms with Crippen molar-refractivity contribution in [2.24, 2.45) is 0 Å². The van der Waals surface area contributed by atoms with Crippen LogP contribution in [0.4, 0.5) is 0 Å². The lowest BCUT2D eigenvalue weighted by molar-refractivity contribution is 0.599. The number of hydrogen-bond donors (Lipinski definition) is 1. The minimum Gasteiger partial charge on any atom is -0.327 e. The number of nitrogens with zero attached hydrogens (tertiary/aromatic N) is 3. The van der Waals surface area contributed by atoms with Gasteiger partial charge in [0.05, 0.1) is 28.8 Å². The van der Waals surface area contributed by atoms with E-state index in [0.29, 0.717) is 0 Å². The van der Waals surface area contributed by atoms with Gasteiger partial charge in [0.2, 0.25) is 0 Å². The highest BCUT2D eigenvalue weighted by Gasteiger charge is 2.09. The van der Waals surface area contributed by atoms with Crippen molar-refractivity contribution in [2.45, 2.75) is 39.9 Å². The first kappa shape index (κ1) is 14.2. The molecule has 4 nitrogen and oxygen atoms in total. The second-order valence-corrected chi connectivity index (χ2v) is 6.07. The predicted octanol–water partition coefficient (Wildman–Crippen LogP) is 3.50. The fourth-order valence-corrected chi connectivity index (χ4v) is 3.26. The molecule has 0 radical (unpaired) electrons. The molecule has 0 aliphatic rings. The smallest absolute Gasteiger partial charge is 0.123 e. The van der Waals surface area contributed by atoms with Crippen LogP contribution >= 0.6 is 11.3 Å². The van der Waals surface area contributed by atoms with Crippen LogP contribution in [0.3, 0.4) is 0 Å². The van der Waals surface area contributed by atoms with Crippen LogP contribution in [0.15, 0.2) is 29.8 Å². The maximum absolute atomic E-state index is 4.76. The number of imidazole rings is 1. The van der Waals surface area contributed by atoms with E-state index in [4.69, 9.17) is 4.98 Å². The predicted molar refractivity (Wildman–Crippen MR) is 87.4 cm³/mol. The quantitative estimate of drug-likeness (QED) is 0.757. The monoisotopic (exact) mass is 300 g/mol. The van der Waals surface area contributed by atoms with E-state index >= 15 is 0 Å². The van der Waals surface area contributed by atoms with Crippen molar-refractivity contribution in [3.63, 3.8) is 0 Å². The van der Waals surface area contributed by atoms with Gasteiger partial charge in [-0.2, -0.15) is 0 Å². The van der Waals surface area contributed by atoms with Crippen molar-refractivity contribution in [3.05, 3.63) is 46.2 Å². The van der Waals surface area contributed by atoms with Gasteiger partial charge in [-0.1, -0.05) is 19.1 Å². The third-order valence-electron chi connectivity index (χ3n) is 3.59. The summed E-state index contributed by atoms with van der Waals surface area (Å²) in [5.74, 6) is 1.11. The van der Waals surface area contributed by atoms with E-state index in [1.165, 1.54) is 10.4 Å². The molecule has 0 aliphatic heterocycles. The Kier molecular flexibility index (Phi) is 4.31. The maximum Gasteiger partial charge on any atom is 0.123 e. The zero-order valence-electron chi connectivity index (χ0n) is 12.5. The molecular formula is C16H20N4S. The van der Waals surface area contributed by atoms with E-state index in [1.54, 1.807) is 11.3 Å². The Hall–Kier alpha value is -1.72. The Morgan fingerprint density at radius 2 is 2.10 bits per heavy atom. The van der Waals surface area contributed by atoms with E-state index in [0.717, 1.165) is 43.1 Å². The molecule has 0 bridgehead atoms. The molecule has 0 unspecified atom stereocenters. The van der Waals surface area contributed by atoms with Gasteiger partial charge in [0.25, 0.3) is 0 Å². The number of para-hydroxylation sites is 2. The van der Waals surface area contributed by atoms with Gasteiger partial charge in [0.15, 0.2) is 0 Å². The molecule has 0 atom stereocenters. The summed E-state index contributed by atoms with van der Waals surface area (Å²) in [6.07, 6.45) is 1.11. The molecular weight excluding hydrogens is 280 g/mol. The normalized spacial score (nSPS) is 11.3. The number of benzene rings is 1. The summed E-state index contributed by atoms with van der Waals surface area (Å²) in [5, 5.41) is 3.49. The lowest BCUT2D eigenvalue weighted by Gasteiger charge is -2.08. The van der Waals surface area contributed by atoms with E-state index in [2.05, 4.69) is 46.9 Å². The molecule has 0 fully saturated rings. The van der Waals surface area contributed by atoms with Crippen LogP contribution in [0.1, 0.15) is 29.7 Å². The van der Waals surface area contributed by atoms with Crippen LogP contribution in [0, 0.1) is 6.92 Å². The van der Waals surface area contributed by atoms with Crippen molar-refractivity contribution >= 4 is 22.4 Å². The van der Waals surface area contributed by atoms with Gasteiger partial charge in [-0.25, -0.2) is 9.97 Å². The summed E-state index contributed by atoms with van der Waals surface area (Å²) in [4.78, 5) is 10.3. The van der Waals surface area contributed by atoms with Crippen LogP contribution < -0.4 is 5.32 Å². The average Bonchev–Trinajstić information content (AvgIpc) is 3.05. The lowest BCUT2D eigenvalue weighted by atomic mass is 10.3. The summed E-state index contributed by atoms with van der Waals surface area (Å²) in [6.45, 7) is 6.90. The molecule has 2 heterocycles. The second-order valence-electron chi connectivity index (χ2n) is 5.13. The van der Waals surface area contributed by atoms with E-state index in [1.807, 2.05) is 11.6 Å². The Morgan fingerprint density at radius 3 is 2.86 bits per heavy atom. The first-order chi connectivity index (χ1) is 10.3. The van der Waals surface area contributed by atoms with Crippen LogP contribution in [-0.4, -0.2) is 14.5 Å². The minimum atomic E-state index is 0.784.